The minimum Gasteiger partial charge on any atom is -0.372 e. The van der Waals surface area contributed by atoms with Crippen molar-refractivity contribution in [3.63, 3.8) is 0 Å². The number of ether oxygens (including phenoxy) is 1. The highest BCUT2D eigenvalue weighted by atomic mass is 35.5. The highest BCUT2D eigenvalue weighted by molar-refractivity contribution is 6.18. The fraction of sp³-hybridized carbons (Fsp3) is 0.900. The van der Waals surface area contributed by atoms with Gasteiger partial charge in [-0.1, -0.05) is 0 Å². The summed E-state index contributed by atoms with van der Waals surface area (Å²) in [6, 6.07) is 0. The van der Waals surface area contributed by atoms with Crippen LogP contribution in [0.15, 0.2) is 0 Å². The van der Waals surface area contributed by atoms with Crippen LogP contribution in [0.2, 0.25) is 0 Å². The van der Waals surface area contributed by atoms with Crippen LogP contribution in [0.1, 0.15) is 19.8 Å². The van der Waals surface area contributed by atoms with Crippen molar-refractivity contribution in [2.45, 2.75) is 19.8 Å². The van der Waals surface area contributed by atoms with Crippen LogP contribution in [0, 0.1) is 5.92 Å². The van der Waals surface area contributed by atoms with Gasteiger partial charge in [0.05, 0.1) is 0 Å². The Labute approximate surface area is 90.4 Å². The number of rotatable bonds is 4. The Kier molecular flexibility index (Phi) is 5.26. The maximum Gasteiger partial charge on any atom is 0.248 e. The van der Waals surface area contributed by atoms with E-state index >= 15 is 0 Å². The second-order valence-corrected chi connectivity index (χ2v) is 3.92. The van der Waals surface area contributed by atoms with E-state index in [-0.39, 0.29) is 12.5 Å². The van der Waals surface area contributed by atoms with Crippen LogP contribution in [0.5, 0.6) is 0 Å². The molecule has 14 heavy (non-hydrogen) atoms. The second-order valence-electron chi connectivity index (χ2n) is 3.62. The van der Waals surface area contributed by atoms with Crippen molar-refractivity contribution in [3.05, 3.63) is 0 Å². The number of hydrogen-bond donors (Lipinski definition) is 0. The van der Waals surface area contributed by atoms with Gasteiger partial charge in [-0.25, -0.2) is 0 Å². The molecule has 1 heterocycles. The van der Waals surface area contributed by atoms with Gasteiger partial charge in [-0.15, -0.1) is 11.6 Å². The highest BCUT2D eigenvalue weighted by Gasteiger charge is 2.21. The van der Waals surface area contributed by atoms with Crippen molar-refractivity contribution in [2.75, 3.05) is 32.2 Å². The molecule has 0 atom stereocenters. The number of nitrogens with zero attached hydrogens (tertiary/aromatic N) is 1. The first-order valence-electron chi connectivity index (χ1n) is 5.19. The van der Waals surface area contributed by atoms with Crippen molar-refractivity contribution >= 4 is 17.5 Å². The van der Waals surface area contributed by atoms with Crippen LogP contribution in [-0.2, 0) is 9.53 Å². The summed E-state index contributed by atoms with van der Waals surface area (Å²) in [5, 5.41) is 0. The Morgan fingerprint density at radius 2 is 2.14 bits per heavy atom. The fourth-order valence-corrected chi connectivity index (χ4v) is 1.93. The molecule has 0 aromatic carbocycles. The average Bonchev–Trinajstić information content (AvgIpc) is 2.26. The second kappa shape index (κ2) is 6.25. The summed E-state index contributed by atoms with van der Waals surface area (Å²) in [5.41, 5.74) is 0. The molecule has 0 aliphatic carbocycles. The third-order valence-corrected chi connectivity index (χ3v) is 3.05. The molecule has 1 rings (SSSR count). The Bertz CT molecular complexity index is 179. The van der Waals surface area contributed by atoms with E-state index in [9.17, 15) is 4.79 Å². The summed E-state index contributed by atoms with van der Waals surface area (Å²) in [4.78, 5) is 13.4. The van der Waals surface area contributed by atoms with E-state index in [0.717, 1.165) is 25.9 Å². The van der Waals surface area contributed by atoms with Gasteiger partial charge in [0.2, 0.25) is 5.91 Å². The monoisotopic (exact) mass is 219 g/mol. The largest absolute Gasteiger partial charge is 0.372 e. The number of halogens is 1. The third kappa shape index (κ3) is 3.46. The number of amides is 1. The summed E-state index contributed by atoms with van der Waals surface area (Å²) in [5.74, 6) is 1.42. The van der Waals surface area contributed by atoms with Crippen LogP contribution < -0.4 is 0 Å². The number of carbonyl (C=O) groups excluding carboxylic acids is 1. The van der Waals surface area contributed by atoms with Gasteiger partial charge in [0.1, 0.15) is 6.61 Å². The molecule has 0 bridgehead atoms. The molecular formula is C10H18ClNO2. The Hall–Kier alpha value is -0.280. The van der Waals surface area contributed by atoms with Gasteiger partial charge in [0.25, 0.3) is 0 Å². The molecule has 3 nitrogen and oxygen atoms in total. The molecule has 0 aromatic rings. The van der Waals surface area contributed by atoms with E-state index in [0.29, 0.717) is 18.4 Å². The van der Waals surface area contributed by atoms with Crippen LogP contribution in [0.4, 0.5) is 0 Å². The number of hydrogen-bond acceptors (Lipinski definition) is 2. The van der Waals surface area contributed by atoms with Gasteiger partial charge >= 0.3 is 0 Å². The van der Waals surface area contributed by atoms with E-state index in [1.807, 2.05) is 11.8 Å². The fourth-order valence-electron chi connectivity index (χ4n) is 1.62. The number of piperidine rings is 1. The van der Waals surface area contributed by atoms with Crippen LogP contribution >= 0.6 is 11.6 Å². The zero-order valence-corrected chi connectivity index (χ0v) is 9.42. The molecule has 0 spiro atoms. The molecule has 1 aliphatic heterocycles. The molecule has 1 aliphatic rings. The lowest BCUT2D eigenvalue weighted by Gasteiger charge is -2.30. The quantitative estimate of drug-likeness (QED) is 0.671. The van der Waals surface area contributed by atoms with E-state index in [1.54, 1.807) is 0 Å². The minimum absolute atomic E-state index is 0.111. The molecular weight excluding hydrogens is 202 g/mol. The van der Waals surface area contributed by atoms with E-state index in [4.69, 9.17) is 16.3 Å². The normalized spacial score (nSPS) is 18.6. The lowest BCUT2D eigenvalue weighted by Crippen LogP contribution is -2.40. The average molecular weight is 220 g/mol. The first-order chi connectivity index (χ1) is 6.77. The number of likely N-dealkylation sites (tertiary alicyclic amines) is 1. The van der Waals surface area contributed by atoms with Gasteiger partial charge in [0.15, 0.2) is 0 Å². The van der Waals surface area contributed by atoms with Crippen LogP contribution in [-0.4, -0.2) is 43.0 Å². The first kappa shape index (κ1) is 11.8. The molecule has 0 N–H and O–H groups in total. The summed E-state index contributed by atoms with van der Waals surface area (Å²) >= 11 is 5.76. The minimum atomic E-state index is 0.111. The lowest BCUT2D eigenvalue weighted by molar-refractivity contribution is -0.137. The Balaban J connectivity index is 2.23. The van der Waals surface area contributed by atoms with Gasteiger partial charge in [-0.2, -0.15) is 0 Å². The molecule has 1 amide bonds. The standard InChI is InChI=1S/C10H18ClNO2/c1-2-14-8-10(13)12-5-3-9(7-11)4-6-12/h9H,2-8H2,1H3. The van der Waals surface area contributed by atoms with Crippen molar-refractivity contribution in [1.29, 1.82) is 0 Å². The molecule has 0 unspecified atom stereocenters. The molecule has 1 fully saturated rings. The number of carbonyl (C=O) groups is 1. The third-order valence-electron chi connectivity index (χ3n) is 2.62. The highest BCUT2D eigenvalue weighted by Crippen LogP contribution is 2.18. The number of alkyl halides is 1. The molecule has 0 saturated carbocycles. The Morgan fingerprint density at radius 3 is 2.64 bits per heavy atom. The van der Waals surface area contributed by atoms with Crippen LogP contribution in [0.25, 0.3) is 0 Å². The maximum absolute atomic E-state index is 11.5. The van der Waals surface area contributed by atoms with Crippen molar-refractivity contribution in [1.82, 2.24) is 4.90 Å². The summed E-state index contributed by atoms with van der Waals surface area (Å²) < 4.78 is 5.08. The predicted molar refractivity (Wildman–Crippen MR) is 56.5 cm³/mol. The lowest BCUT2D eigenvalue weighted by atomic mass is 9.99. The summed E-state index contributed by atoms with van der Waals surface area (Å²) in [6.07, 6.45) is 2.06. The molecule has 4 heteroatoms. The van der Waals surface area contributed by atoms with Crippen molar-refractivity contribution < 1.29 is 9.53 Å². The molecule has 1 saturated heterocycles. The van der Waals surface area contributed by atoms with Gasteiger partial charge in [0, 0.05) is 25.6 Å². The molecule has 0 radical (unpaired) electrons. The van der Waals surface area contributed by atoms with E-state index < -0.39 is 0 Å². The smallest absolute Gasteiger partial charge is 0.248 e. The zero-order valence-electron chi connectivity index (χ0n) is 8.67. The zero-order chi connectivity index (χ0) is 10.4. The van der Waals surface area contributed by atoms with Crippen molar-refractivity contribution in [3.8, 4) is 0 Å². The maximum atomic E-state index is 11.5. The molecule has 0 aromatic heterocycles. The predicted octanol–water partition coefficient (Wildman–Crippen LogP) is 1.50. The van der Waals surface area contributed by atoms with Crippen LogP contribution in [0.3, 0.4) is 0 Å². The van der Waals surface area contributed by atoms with Gasteiger partial charge < -0.3 is 9.64 Å². The topological polar surface area (TPSA) is 29.5 Å². The van der Waals surface area contributed by atoms with E-state index in [2.05, 4.69) is 0 Å². The Morgan fingerprint density at radius 1 is 1.50 bits per heavy atom. The van der Waals surface area contributed by atoms with Gasteiger partial charge in [-0.05, 0) is 25.7 Å². The van der Waals surface area contributed by atoms with Gasteiger partial charge in [-0.3, -0.25) is 4.79 Å². The van der Waals surface area contributed by atoms with E-state index in [1.165, 1.54) is 0 Å². The SMILES string of the molecule is CCOCC(=O)N1CCC(CCl)CC1. The van der Waals surface area contributed by atoms with Crippen molar-refractivity contribution in [2.24, 2.45) is 5.92 Å². The summed E-state index contributed by atoms with van der Waals surface area (Å²) in [6.45, 7) is 4.39. The molecule has 82 valence electrons. The first-order valence-corrected chi connectivity index (χ1v) is 5.72. The summed E-state index contributed by atoms with van der Waals surface area (Å²) in [7, 11) is 0.